The zero-order chi connectivity index (χ0) is 21.7. The Bertz CT molecular complexity index is 1120. The van der Waals surface area contributed by atoms with Gasteiger partial charge in [0.2, 0.25) is 5.91 Å². The molecule has 1 amide bonds. The maximum Gasteiger partial charge on any atom is 0.234 e. The molecule has 0 saturated heterocycles. The highest BCUT2D eigenvalue weighted by atomic mass is 32.2. The summed E-state index contributed by atoms with van der Waals surface area (Å²) in [5, 5.41) is 11.5. The number of thioether (sulfide) groups is 1. The molecule has 0 aliphatic rings. The first-order valence-electron chi connectivity index (χ1n) is 9.49. The third kappa shape index (κ3) is 5.48. The number of hydrogen-bond donors (Lipinski definition) is 1. The summed E-state index contributed by atoms with van der Waals surface area (Å²) in [6.07, 6.45) is 0. The van der Waals surface area contributed by atoms with Gasteiger partial charge in [-0.3, -0.25) is 4.79 Å². The Labute approximate surface area is 180 Å². The molecule has 0 radical (unpaired) electrons. The van der Waals surface area contributed by atoms with Gasteiger partial charge in [0, 0.05) is 12.2 Å². The van der Waals surface area contributed by atoms with Crippen LogP contribution in [0.2, 0.25) is 0 Å². The molecule has 30 heavy (non-hydrogen) atoms. The van der Waals surface area contributed by atoms with Crippen molar-refractivity contribution in [2.45, 2.75) is 43.1 Å². The van der Waals surface area contributed by atoms with Gasteiger partial charge in [-0.2, -0.15) is 0 Å². The van der Waals surface area contributed by atoms with E-state index in [0.717, 1.165) is 16.8 Å². The topological polar surface area (TPSA) is 93.9 Å². The highest BCUT2D eigenvalue weighted by Gasteiger charge is 2.21. The lowest BCUT2D eigenvalue weighted by Gasteiger charge is -2.09. The zero-order valence-electron chi connectivity index (χ0n) is 17.1. The van der Waals surface area contributed by atoms with Crippen molar-refractivity contribution in [1.82, 2.24) is 14.8 Å². The number of benzene rings is 2. The number of aromatic nitrogens is 3. The predicted molar refractivity (Wildman–Crippen MR) is 118 cm³/mol. The molecule has 158 valence electrons. The normalized spacial score (nSPS) is 11.4. The largest absolute Gasteiger partial charge is 0.325 e. The quantitative estimate of drug-likeness (QED) is 0.533. The highest BCUT2D eigenvalue weighted by molar-refractivity contribution is 7.99. The second-order valence-electron chi connectivity index (χ2n) is 6.92. The lowest BCUT2D eigenvalue weighted by molar-refractivity contribution is -0.113. The van der Waals surface area contributed by atoms with Crippen molar-refractivity contribution in [1.29, 1.82) is 0 Å². The van der Waals surface area contributed by atoms with E-state index >= 15 is 0 Å². The number of hydrogen-bond acceptors (Lipinski definition) is 6. The number of amides is 1. The van der Waals surface area contributed by atoms with E-state index in [1.54, 1.807) is 28.8 Å². The number of aryl methyl sites for hydroxylation is 2. The average Bonchev–Trinajstić information content (AvgIpc) is 3.09. The van der Waals surface area contributed by atoms with Crippen molar-refractivity contribution >= 4 is 33.2 Å². The molecule has 9 heteroatoms. The van der Waals surface area contributed by atoms with Gasteiger partial charge in [0.1, 0.15) is 11.6 Å². The first kappa shape index (κ1) is 22.0. The minimum Gasteiger partial charge on any atom is -0.325 e. The lowest BCUT2D eigenvalue weighted by atomic mass is 10.2. The van der Waals surface area contributed by atoms with Crippen molar-refractivity contribution in [2.24, 2.45) is 0 Å². The first-order chi connectivity index (χ1) is 14.3. The molecular weight excluding hydrogens is 420 g/mol. The number of rotatable bonds is 8. The standard InChI is InChI=1S/C21H24N4O3S2/c1-4-25-19(14-30(27,28)18-11-7-16(3)8-12-18)23-24-21(25)29-13-20(26)22-17-9-5-15(2)6-10-17/h5-12H,4,13-14H2,1-3H3,(H,22,26). The molecule has 2 aromatic carbocycles. The van der Waals surface area contributed by atoms with Crippen LogP contribution < -0.4 is 5.32 Å². The van der Waals surface area contributed by atoms with Crippen LogP contribution in [0.15, 0.2) is 58.6 Å². The maximum absolute atomic E-state index is 12.7. The fourth-order valence-corrected chi connectivity index (χ4v) is 4.91. The second kappa shape index (κ2) is 9.44. The van der Waals surface area contributed by atoms with E-state index in [-0.39, 0.29) is 22.3 Å². The Morgan fingerprint density at radius 2 is 1.60 bits per heavy atom. The van der Waals surface area contributed by atoms with Crippen LogP contribution in [0.5, 0.6) is 0 Å². The Morgan fingerprint density at radius 1 is 1.00 bits per heavy atom. The molecule has 3 aromatic rings. The van der Waals surface area contributed by atoms with E-state index in [1.165, 1.54) is 11.8 Å². The second-order valence-corrected chi connectivity index (χ2v) is 9.85. The summed E-state index contributed by atoms with van der Waals surface area (Å²) in [7, 11) is -3.54. The lowest BCUT2D eigenvalue weighted by Crippen LogP contribution is -2.15. The average molecular weight is 445 g/mol. The van der Waals surface area contributed by atoms with E-state index in [1.807, 2.05) is 45.0 Å². The summed E-state index contributed by atoms with van der Waals surface area (Å²) in [6.45, 7) is 6.29. The number of sulfone groups is 1. The fourth-order valence-electron chi connectivity index (χ4n) is 2.81. The van der Waals surface area contributed by atoms with Crippen LogP contribution >= 0.6 is 11.8 Å². The van der Waals surface area contributed by atoms with Gasteiger partial charge < -0.3 is 9.88 Å². The number of carbonyl (C=O) groups is 1. The van der Waals surface area contributed by atoms with Gasteiger partial charge in [0.15, 0.2) is 15.0 Å². The maximum atomic E-state index is 12.7. The van der Waals surface area contributed by atoms with Crippen LogP contribution in [-0.4, -0.2) is 34.8 Å². The van der Waals surface area contributed by atoms with Gasteiger partial charge in [0.05, 0.1) is 10.6 Å². The SMILES string of the molecule is CCn1c(CS(=O)(=O)c2ccc(C)cc2)nnc1SCC(=O)Nc1ccc(C)cc1. The van der Waals surface area contributed by atoms with Gasteiger partial charge in [-0.25, -0.2) is 8.42 Å². The molecule has 1 aromatic heterocycles. The third-order valence-corrected chi connectivity index (χ3v) is 7.07. The molecule has 0 bridgehead atoms. The van der Waals surface area contributed by atoms with Crippen molar-refractivity contribution < 1.29 is 13.2 Å². The van der Waals surface area contributed by atoms with Gasteiger partial charge in [-0.1, -0.05) is 47.2 Å². The number of nitrogens with one attached hydrogen (secondary N) is 1. The predicted octanol–water partition coefficient (Wildman–Crippen LogP) is 3.62. The van der Waals surface area contributed by atoms with Crippen molar-refractivity contribution in [2.75, 3.05) is 11.1 Å². The molecule has 0 saturated carbocycles. The Balaban J connectivity index is 1.67. The van der Waals surface area contributed by atoms with Gasteiger partial charge in [-0.15, -0.1) is 10.2 Å². The van der Waals surface area contributed by atoms with E-state index in [9.17, 15) is 13.2 Å². The Kier molecular flexibility index (Phi) is 6.94. The van der Waals surface area contributed by atoms with Crippen molar-refractivity contribution in [3.8, 4) is 0 Å². The molecule has 7 nitrogen and oxygen atoms in total. The van der Waals surface area contributed by atoms with Crippen LogP contribution in [0.4, 0.5) is 5.69 Å². The van der Waals surface area contributed by atoms with Crippen LogP contribution in [0.1, 0.15) is 23.9 Å². The van der Waals surface area contributed by atoms with E-state index < -0.39 is 9.84 Å². The van der Waals surface area contributed by atoms with E-state index in [2.05, 4.69) is 15.5 Å². The molecule has 0 spiro atoms. The summed E-state index contributed by atoms with van der Waals surface area (Å²) in [6, 6.07) is 14.3. The van der Waals surface area contributed by atoms with Gasteiger partial charge >= 0.3 is 0 Å². The number of nitrogens with zero attached hydrogens (tertiary/aromatic N) is 3. The summed E-state index contributed by atoms with van der Waals surface area (Å²) in [4.78, 5) is 12.5. The molecule has 1 N–H and O–H groups in total. The monoisotopic (exact) mass is 444 g/mol. The minimum atomic E-state index is -3.54. The zero-order valence-corrected chi connectivity index (χ0v) is 18.8. The van der Waals surface area contributed by atoms with Crippen LogP contribution in [0.25, 0.3) is 0 Å². The highest BCUT2D eigenvalue weighted by Crippen LogP contribution is 2.21. The molecule has 0 unspecified atom stereocenters. The van der Waals surface area contributed by atoms with Crippen LogP contribution in [0.3, 0.4) is 0 Å². The van der Waals surface area contributed by atoms with Crippen molar-refractivity contribution in [3.63, 3.8) is 0 Å². The molecule has 1 heterocycles. The third-order valence-electron chi connectivity index (χ3n) is 4.48. The smallest absolute Gasteiger partial charge is 0.234 e. The fraction of sp³-hybridized carbons (Fsp3) is 0.286. The van der Waals surface area contributed by atoms with E-state index in [0.29, 0.717) is 17.5 Å². The Hall–Kier alpha value is -2.65. The van der Waals surface area contributed by atoms with E-state index in [4.69, 9.17) is 0 Å². The summed E-state index contributed by atoms with van der Waals surface area (Å²) < 4.78 is 27.2. The number of carbonyl (C=O) groups excluding carboxylic acids is 1. The summed E-state index contributed by atoms with van der Waals surface area (Å²) >= 11 is 1.23. The van der Waals surface area contributed by atoms with Gasteiger partial charge in [0.25, 0.3) is 0 Å². The van der Waals surface area contributed by atoms with Crippen LogP contribution in [-0.2, 0) is 26.9 Å². The molecule has 0 atom stereocenters. The van der Waals surface area contributed by atoms with Gasteiger partial charge in [-0.05, 0) is 45.0 Å². The minimum absolute atomic E-state index is 0.150. The number of anilines is 1. The summed E-state index contributed by atoms with van der Waals surface area (Å²) in [5.74, 6) is 0.104. The van der Waals surface area contributed by atoms with Crippen molar-refractivity contribution in [3.05, 3.63) is 65.5 Å². The molecule has 0 aliphatic heterocycles. The van der Waals surface area contributed by atoms with Crippen LogP contribution in [0, 0.1) is 13.8 Å². The Morgan fingerprint density at radius 3 is 2.20 bits per heavy atom. The molecule has 0 fully saturated rings. The molecular formula is C21H24N4O3S2. The molecule has 3 rings (SSSR count). The first-order valence-corrected chi connectivity index (χ1v) is 12.1. The molecule has 0 aliphatic carbocycles. The summed E-state index contributed by atoms with van der Waals surface area (Å²) in [5.41, 5.74) is 2.84.